The molecule has 4 aliphatic carbocycles. The highest BCUT2D eigenvalue weighted by atomic mass is 16.3. The van der Waals surface area contributed by atoms with E-state index in [-0.39, 0.29) is 44.4 Å². The number of hydrogen-bond donors (Lipinski definition) is 0. The van der Waals surface area contributed by atoms with E-state index in [1.54, 1.807) is 158 Å². The fourth-order valence-corrected chi connectivity index (χ4v) is 20.5. The van der Waals surface area contributed by atoms with E-state index < -0.39 is 77.9 Å². The summed E-state index contributed by atoms with van der Waals surface area (Å²) in [6.45, 7) is -8.16. The quantitative estimate of drug-likeness (QED) is 0.165. The minimum atomic E-state index is -2.86. The molecule has 8 heteroatoms. The monoisotopic (exact) mass is 1640 g/mol. The number of aryl methyl sites for hydroxylation is 12. The van der Waals surface area contributed by atoms with Crippen LogP contribution in [-0.2, 0) is 49.9 Å². The predicted octanol–water partition coefficient (Wildman–Crippen LogP) is 28.0. The van der Waals surface area contributed by atoms with Crippen LogP contribution < -0.4 is 18.3 Å². The second-order valence-corrected chi connectivity index (χ2v) is 34.5. The van der Waals surface area contributed by atoms with Gasteiger partial charge in [0.15, 0.2) is 24.8 Å². The Bertz CT molecular complexity index is 9130. The Balaban J connectivity index is 0.000000118. The topological polar surface area (TPSA) is 68.1 Å². The van der Waals surface area contributed by atoms with E-state index in [9.17, 15) is 0 Å². The van der Waals surface area contributed by atoms with Crippen LogP contribution in [0, 0.1) is 55.1 Å². The first kappa shape index (κ1) is 53.4. The van der Waals surface area contributed by atoms with Gasteiger partial charge in [-0.2, -0.15) is 0 Å². The van der Waals surface area contributed by atoms with Gasteiger partial charge in [0.25, 0.3) is 0 Å². The fourth-order valence-electron chi connectivity index (χ4n) is 20.5. The molecule has 608 valence electrons. The smallest absolute Gasteiger partial charge is 0.216 e. The van der Waals surface area contributed by atoms with Crippen molar-refractivity contribution in [1.82, 2.24) is 0 Å². The van der Waals surface area contributed by atoms with Crippen molar-refractivity contribution in [3.05, 3.63) is 356 Å². The normalized spacial score (nSPS) is 19.1. The van der Waals surface area contributed by atoms with Gasteiger partial charge in [0.1, 0.15) is 72.9 Å². The summed E-state index contributed by atoms with van der Waals surface area (Å²) in [6.07, 6.45) is 6.49. The van der Waals surface area contributed by atoms with Gasteiger partial charge in [0.05, 0.1) is 22.3 Å². The second kappa shape index (κ2) is 28.0. The number of aromatic nitrogens is 4. The Morgan fingerprint density at radius 3 is 1.06 bits per heavy atom. The highest BCUT2D eigenvalue weighted by Crippen LogP contribution is 2.58. The van der Waals surface area contributed by atoms with Gasteiger partial charge in [-0.1, -0.05) is 213 Å². The first-order valence-corrected chi connectivity index (χ1v) is 41.5. The largest absolute Gasteiger partial charge is 0.455 e. The number of furan rings is 4. The van der Waals surface area contributed by atoms with Gasteiger partial charge in [0.2, 0.25) is 22.8 Å². The van der Waals surface area contributed by atoms with Crippen LogP contribution in [0.3, 0.4) is 0 Å². The van der Waals surface area contributed by atoms with E-state index in [0.717, 1.165) is 133 Å². The Kier molecular flexibility index (Phi) is 12.0. The van der Waals surface area contributed by atoms with Crippen molar-refractivity contribution < 1.29 is 72.9 Å². The molecule has 12 aromatic carbocycles. The third kappa shape index (κ3) is 11.6. The van der Waals surface area contributed by atoms with Crippen molar-refractivity contribution in [2.75, 3.05) is 0 Å². The van der Waals surface area contributed by atoms with Crippen molar-refractivity contribution in [3.63, 3.8) is 0 Å². The number of hydrogen-bond acceptors (Lipinski definition) is 4. The van der Waals surface area contributed by atoms with E-state index in [0.29, 0.717) is 72.1 Å². The Morgan fingerprint density at radius 1 is 0.250 bits per heavy atom. The van der Waals surface area contributed by atoms with E-state index in [2.05, 4.69) is 69.3 Å². The van der Waals surface area contributed by atoms with Gasteiger partial charge in [0, 0.05) is 148 Å². The van der Waals surface area contributed by atoms with Crippen molar-refractivity contribution in [3.8, 4) is 89.5 Å². The summed E-state index contributed by atoms with van der Waals surface area (Å²) >= 11 is 0. The molecule has 0 amide bonds. The summed E-state index contributed by atoms with van der Waals surface area (Å²) in [4.78, 5) is 0. The molecule has 4 aliphatic rings. The minimum Gasteiger partial charge on any atom is -0.455 e. The van der Waals surface area contributed by atoms with Gasteiger partial charge in [-0.05, 0) is 227 Å². The SMILES string of the molecule is [2H]C([2H])([2H])c1ccc(-c2c(C)ccc3c2oc2cc4c(cc23)-c2ccccc2C4(C([2H])([2H])[2H])C([2H])([2H])[2H])[n+](C)c1.[2H]C([2H])([2H])c1ccc(-c2c(C)ccc3c2oc2cc4c(cc23)C(C)(C([2H])([2H])[2H])c2ccccc2-4)[n+](C)c1.[2H]C([2H])([2H])c1ccc(-c2c(C)ccc3c2oc2ccc4c(c23)-c2ccccc2C4(C([2H])([2H])[2H])C([2H])([2H])[2H])[n+](C)c1.[2H]C([2H])([2H])c1ccc(-c2c(C)ccc3c2oc2ccc4c(c23)C(C)(C)c2ccccc2-4)[n+](C)c1. The Morgan fingerprint density at radius 2 is 0.597 bits per heavy atom. The van der Waals surface area contributed by atoms with Gasteiger partial charge in [-0.25, -0.2) is 18.3 Å². The minimum absolute atomic E-state index is 0.140. The predicted molar refractivity (Wildman–Crippen MR) is 509 cm³/mol. The van der Waals surface area contributed by atoms with Gasteiger partial charge in [-0.15, -0.1) is 0 Å². The van der Waals surface area contributed by atoms with Crippen molar-refractivity contribution >= 4 is 87.8 Å². The Labute approximate surface area is 763 Å². The lowest BCUT2D eigenvalue weighted by atomic mass is 9.80. The number of rotatable bonds is 4. The zero-order chi connectivity index (χ0) is 108. The third-order valence-electron chi connectivity index (χ3n) is 26.4. The number of nitrogens with zero attached hydrogens (tertiary/aromatic N) is 4. The summed E-state index contributed by atoms with van der Waals surface area (Å²) in [7, 11) is 7.28. The fraction of sp³-hybridized carbons (Fsp3) is 0.207. The maximum Gasteiger partial charge on any atom is 0.216 e. The average molecular weight is 1650 g/mol. The molecular formula is C116H104N4O4+4. The van der Waals surface area contributed by atoms with Crippen LogP contribution in [0.5, 0.6) is 0 Å². The summed E-state index contributed by atoms with van der Waals surface area (Å²) in [5, 5.41) is 6.90. The van der Waals surface area contributed by atoms with Crippen molar-refractivity contribution in [2.24, 2.45) is 28.2 Å². The maximum absolute atomic E-state index is 8.49. The number of pyridine rings is 4. The zero-order valence-electron chi connectivity index (χ0n) is 97.3. The molecule has 8 nitrogen and oxygen atoms in total. The van der Waals surface area contributed by atoms with E-state index in [4.69, 9.17) is 54.7 Å². The average Bonchev–Trinajstić information content (AvgIpc) is 1.55. The summed E-state index contributed by atoms with van der Waals surface area (Å²) in [5.74, 6) is 0. The van der Waals surface area contributed by atoms with Gasteiger partial charge < -0.3 is 17.7 Å². The molecule has 0 bridgehead atoms. The molecule has 0 saturated heterocycles. The van der Waals surface area contributed by atoms with Gasteiger partial charge in [-0.3, -0.25) is 0 Å². The second-order valence-electron chi connectivity index (χ2n) is 34.5. The molecule has 0 N–H and O–H groups in total. The van der Waals surface area contributed by atoms with Crippen LogP contribution in [0.1, 0.15) is 181 Å². The molecule has 20 aromatic rings. The van der Waals surface area contributed by atoms with Gasteiger partial charge >= 0.3 is 0 Å². The zero-order valence-corrected chi connectivity index (χ0v) is 70.3. The van der Waals surface area contributed by atoms with E-state index in [1.165, 1.54) is 22.3 Å². The lowest BCUT2D eigenvalue weighted by molar-refractivity contribution is -0.660. The molecule has 1 unspecified atom stereocenters. The molecule has 1 atom stereocenters. The van der Waals surface area contributed by atoms with E-state index >= 15 is 0 Å². The van der Waals surface area contributed by atoms with Crippen LogP contribution in [0.2, 0.25) is 0 Å². The highest BCUT2D eigenvalue weighted by Gasteiger charge is 2.43. The van der Waals surface area contributed by atoms with E-state index in [1.807, 2.05) is 135 Å². The van der Waals surface area contributed by atoms with Crippen molar-refractivity contribution in [1.29, 1.82) is 0 Å². The molecule has 0 radical (unpaired) electrons. The summed E-state index contributed by atoms with van der Waals surface area (Å²) in [5.41, 5.74) is 22.8. The first-order valence-electron chi connectivity index (χ1n) is 55.0. The molecule has 0 aliphatic heterocycles. The molecule has 124 heavy (non-hydrogen) atoms. The highest BCUT2D eigenvalue weighted by molar-refractivity contribution is 6.19. The van der Waals surface area contributed by atoms with Crippen LogP contribution in [0.25, 0.3) is 177 Å². The summed E-state index contributed by atoms with van der Waals surface area (Å²) < 4.78 is 253. The van der Waals surface area contributed by atoms with Crippen LogP contribution in [0.4, 0.5) is 0 Å². The molecule has 8 aromatic heterocycles. The maximum atomic E-state index is 8.49. The number of benzene rings is 12. The standard InChI is InChI=1S/4C29H26NO/c1-17-10-14-23(30(5)16-17)25-18(2)11-12-21-26-24(31-28(21)25)15-13-20-19-8-6-7-9-22(19)29(3,4)27(20)26;1-17-10-14-23(30(5)16-17)25-18(2)11-12-20-27-24(31-28(20)25)15-13-22-26(27)19-8-6-7-9-21(19)29(22,3)4;1-17-10-13-25(30(5)16-17)27-18(2)11-12-20-22-14-24-21(15-26(22)31-28(20)27)19-8-6-7-9-23(19)29(24,3)4;1-17-10-13-25(30(5)16-17)27-18(2)11-12-20-22-14-21-19-8-6-7-9-23(19)29(3,4)24(21)15-26(22)31-28(20)27/h4*6-16H,1-5H3/q4*+1/i1D3;1D3,3D3,4D3;1D3,3D3;1D3,3D3,4D3. The van der Waals surface area contributed by atoms with Crippen LogP contribution in [-0.4, -0.2) is 0 Å². The molecule has 0 fully saturated rings. The molecular weight excluding hydrogens is 1510 g/mol. The molecule has 8 heterocycles. The summed E-state index contributed by atoms with van der Waals surface area (Å²) in [6, 6.07) is 74.7. The first-order chi connectivity index (χ1) is 70.6. The lowest BCUT2D eigenvalue weighted by Gasteiger charge is -2.22. The Hall–Kier alpha value is -13.6. The molecule has 0 saturated carbocycles. The molecule has 0 spiro atoms. The number of fused-ring (bicyclic) bond motifs is 26. The van der Waals surface area contributed by atoms with Crippen LogP contribution >= 0.6 is 0 Å². The lowest BCUT2D eigenvalue weighted by Crippen LogP contribution is -2.31. The molecule has 24 rings (SSSR count). The van der Waals surface area contributed by atoms with Crippen molar-refractivity contribution in [2.45, 2.75) is 132 Å². The third-order valence-corrected chi connectivity index (χ3v) is 26.4. The van der Waals surface area contributed by atoms with Crippen LogP contribution in [0.15, 0.2) is 285 Å².